The van der Waals surface area contributed by atoms with E-state index in [2.05, 4.69) is 5.32 Å². The summed E-state index contributed by atoms with van der Waals surface area (Å²) in [6, 6.07) is 7.73. The van der Waals surface area contributed by atoms with E-state index < -0.39 is 0 Å². The molecule has 4 heteroatoms. The summed E-state index contributed by atoms with van der Waals surface area (Å²) in [5.74, 6) is 0. The highest BCUT2D eigenvalue weighted by Crippen LogP contribution is 2.32. The number of aliphatic hydroxyl groups is 1. The molecule has 1 aliphatic rings. The molecule has 76 valence electrons. The quantitative estimate of drug-likeness (QED) is 0.811. The number of halogens is 1. The van der Waals surface area contributed by atoms with Crippen molar-refractivity contribution in [1.29, 1.82) is 0 Å². The van der Waals surface area contributed by atoms with Crippen LogP contribution in [0.3, 0.4) is 0 Å². The Morgan fingerprint density at radius 3 is 2.79 bits per heavy atom. The fourth-order valence-electron chi connectivity index (χ4n) is 1.46. The highest BCUT2D eigenvalue weighted by atomic mass is 35.5. The molecule has 2 unspecified atom stereocenters. The molecule has 2 rings (SSSR count). The third-order valence-corrected chi connectivity index (χ3v) is 4.08. The van der Waals surface area contributed by atoms with Gasteiger partial charge in [-0.1, -0.05) is 23.7 Å². The zero-order chi connectivity index (χ0) is 9.97. The SMILES string of the molecule is OC1CNCC1Sc1ccccc1Cl. The maximum absolute atomic E-state index is 9.61. The van der Waals surface area contributed by atoms with Crippen LogP contribution in [0.1, 0.15) is 0 Å². The lowest BCUT2D eigenvalue weighted by Gasteiger charge is -2.13. The molecule has 0 aromatic heterocycles. The minimum atomic E-state index is -0.267. The zero-order valence-electron chi connectivity index (χ0n) is 7.61. The first-order valence-electron chi connectivity index (χ1n) is 4.57. The van der Waals surface area contributed by atoms with Crippen LogP contribution in [0.2, 0.25) is 5.02 Å². The Balaban J connectivity index is 2.07. The van der Waals surface area contributed by atoms with Gasteiger partial charge >= 0.3 is 0 Å². The molecule has 14 heavy (non-hydrogen) atoms. The molecule has 0 spiro atoms. The molecule has 1 aliphatic heterocycles. The Morgan fingerprint density at radius 2 is 2.14 bits per heavy atom. The molecule has 1 fully saturated rings. The van der Waals surface area contributed by atoms with E-state index in [0.717, 1.165) is 16.5 Å². The first kappa shape index (κ1) is 10.3. The van der Waals surface area contributed by atoms with Crippen LogP contribution in [0.15, 0.2) is 29.2 Å². The molecule has 2 atom stereocenters. The predicted octanol–water partition coefficient (Wildman–Crippen LogP) is 1.76. The van der Waals surface area contributed by atoms with Gasteiger partial charge in [-0.2, -0.15) is 0 Å². The Hall–Kier alpha value is -0.220. The van der Waals surface area contributed by atoms with Crippen molar-refractivity contribution in [3.8, 4) is 0 Å². The standard InChI is InChI=1S/C10H12ClNOS/c11-7-3-1-2-4-9(7)14-10-6-12-5-8(10)13/h1-4,8,10,12-13H,5-6H2. The number of hydrogen-bond acceptors (Lipinski definition) is 3. The molecule has 2 nitrogen and oxygen atoms in total. The molecule has 2 N–H and O–H groups in total. The minimum absolute atomic E-state index is 0.217. The van der Waals surface area contributed by atoms with Crippen molar-refractivity contribution in [2.24, 2.45) is 0 Å². The van der Waals surface area contributed by atoms with Gasteiger partial charge in [0.1, 0.15) is 0 Å². The van der Waals surface area contributed by atoms with Crippen molar-refractivity contribution in [2.75, 3.05) is 13.1 Å². The van der Waals surface area contributed by atoms with Crippen LogP contribution >= 0.6 is 23.4 Å². The van der Waals surface area contributed by atoms with Crippen LogP contribution in [0, 0.1) is 0 Å². The van der Waals surface area contributed by atoms with E-state index in [4.69, 9.17) is 11.6 Å². The summed E-state index contributed by atoms with van der Waals surface area (Å²) in [6.07, 6.45) is -0.267. The number of aliphatic hydroxyl groups excluding tert-OH is 1. The van der Waals surface area contributed by atoms with Crippen LogP contribution in [-0.2, 0) is 0 Å². The second-order valence-electron chi connectivity index (χ2n) is 3.31. The third kappa shape index (κ3) is 2.23. The number of hydrogen-bond donors (Lipinski definition) is 2. The fourth-order valence-corrected chi connectivity index (χ4v) is 2.85. The summed E-state index contributed by atoms with van der Waals surface area (Å²) < 4.78 is 0. The summed E-state index contributed by atoms with van der Waals surface area (Å²) >= 11 is 7.67. The number of β-amino-alcohol motifs (C(OH)–C–C–N with tert-alkyl or cyclic N) is 1. The van der Waals surface area contributed by atoms with Crippen LogP contribution in [-0.4, -0.2) is 29.5 Å². The van der Waals surface area contributed by atoms with E-state index in [1.54, 1.807) is 11.8 Å². The fraction of sp³-hybridized carbons (Fsp3) is 0.400. The molecule has 0 bridgehead atoms. The average Bonchev–Trinajstić information content (AvgIpc) is 2.56. The van der Waals surface area contributed by atoms with Crippen molar-refractivity contribution < 1.29 is 5.11 Å². The van der Waals surface area contributed by atoms with E-state index in [0.29, 0.717) is 6.54 Å². The number of nitrogens with one attached hydrogen (secondary N) is 1. The van der Waals surface area contributed by atoms with E-state index in [9.17, 15) is 5.11 Å². The number of benzene rings is 1. The minimum Gasteiger partial charge on any atom is -0.391 e. The first-order chi connectivity index (χ1) is 6.77. The molecule has 0 aliphatic carbocycles. The molecule has 1 aromatic carbocycles. The topological polar surface area (TPSA) is 32.3 Å². The van der Waals surface area contributed by atoms with E-state index >= 15 is 0 Å². The van der Waals surface area contributed by atoms with Crippen molar-refractivity contribution in [2.45, 2.75) is 16.2 Å². The lowest BCUT2D eigenvalue weighted by atomic mass is 10.3. The predicted molar refractivity (Wildman–Crippen MR) is 60.0 cm³/mol. The molecule has 1 aromatic rings. The van der Waals surface area contributed by atoms with E-state index in [1.165, 1.54) is 0 Å². The molecule has 0 saturated carbocycles. The van der Waals surface area contributed by atoms with Gasteiger partial charge in [-0.15, -0.1) is 11.8 Å². The second kappa shape index (κ2) is 4.53. The highest BCUT2D eigenvalue weighted by molar-refractivity contribution is 8.00. The lowest BCUT2D eigenvalue weighted by Crippen LogP contribution is -2.19. The first-order valence-corrected chi connectivity index (χ1v) is 5.83. The second-order valence-corrected chi connectivity index (χ2v) is 5.00. The molecule has 0 radical (unpaired) electrons. The maximum atomic E-state index is 9.61. The lowest BCUT2D eigenvalue weighted by molar-refractivity contribution is 0.201. The molecular formula is C10H12ClNOS. The van der Waals surface area contributed by atoms with Gasteiger partial charge in [-0.25, -0.2) is 0 Å². The summed E-state index contributed by atoms with van der Waals surface area (Å²) in [4.78, 5) is 1.04. The van der Waals surface area contributed by atoms with Gasteiger partial charge in [-0.05, 0) is 12.1 Å². The van der Waals surface area contributed by atoms with Gasteiger partial charge in [0.2, 0.25) is 0 Å². The third-order valence-electron chi connectivity index (χ3n) is 2.24. The van der Waals surface area contributed by atoms with Gasteiger partial charge in [-0.3, -0.25) is 0 Å². The smallest absolute Gasteiger partial charge is 0.0798 e. The normalized spacial score (nSPS) is 26.7. The molecule has 1 heterocycles. The Kier molecular flexibility index (Phi) is 3.34. The summed E-state index contributed by atoms with van der Waals surface area (Å²) in [7, 11) is 0. The molecule has 1 saturated heterocycles. The monoisotopic (exact) mass is 229 g/mol. The Morgan fingerprint density at radius 1 is 1.36 bits per heavy atom. The Labute approximate surface area is 92.7 Å². The van der Waals surface area contributed by atoms with Gasteiger partial charge in [0.15, 0.2) is 0 Å². The maximum Gasteiger partial charge on any atom is 0.0798 e. The van der Waals surface area contributed by atoms with Crippen molar-refractivity contribution in [1.82, 2.24) is 5.32 Å². The van der Waals surface area contributed by atoms with Crippen molar-refractivity contribution in [3.63, 3.8) is 0 Å². The van der Waals surface area contributed by atoms with Gasteiger partial charge in [0, 0.05) is 23.2 Å². The van der Waals surface area contributed by atoms with Crippen LogP contribution in [0.5, 0.6) is 0 Å². The highest BCUT2D eigenvalue weighted by Gasteiger charge is 2.26. The summed E-state index contributed by atoms with van der Waals surface area (Å²) in [6.45, 7) is 1.53. The summed E-state index contributed by atoms with van der Waals surface area (Å²) in [5.41, 5.74) is 0. The van der Waals surface area contributed by atoms with Crippen LogP contribution < -0.4 is 5.32 Å². The van der Waals surface area contributed by atoms with Gasteiger partial charge < -0.3 is 10.4 Å². The number of rotatable bonds is 2. The average molecular weight is 230 g/mol. The largest absolute Gasteiger partial charge is 0.391 e. The number of thioether (sulfide) groups is 1. The van der Waals surface area contributed by atoms with E-state index in [-0.39, 0.29) is 11.4 Å². The van der Waals surface area contributed by atoms with Gasteiger partial charge in [0.25, 0.3) is 0 Å². The van der Waals surface area contributed by atoms with Crippen LogP contribution in [0.4, 0.5) is 0 Å². The van der Waals surface area contributed by atoms with E-state index in [1.807, 2.05) is 24.3 Å². The summed E-state index contributed by atoms with van der Waals surface area (Å²) in [5, 5.41) is 13.7. The molecule has 0 amide bonds. The zero-order valence-corrected chi connectivity index (χ0v) is 9.18. The van der Waals surface area contributed by atoms with Crippen LogP contribution in [0.25, 0.3) is 0 Å². The Bertz CT molecular complexity index is 321. The van der Waals surface area contributed by atoms with Gasteiger partial charge in [0.05, 0.1) is 11.1 Å². The molecular weight excluding hydrogens is 218 g/mol. The van der Waals surface area contributed by atoms with Crippen molar-refractivity contribution in [3.05, 3.63) is 29.3 Å². The van der Waals surface area contributed by atoms with Crippen molar-refractivity contribution >= 4 is 23.4 Å².